The van der Waals surface area contributed by atoms with E-state index in [2.05, 4.69) is 26.6 Å². The van der Waals surface area contributed by atoms with Gasteiger partial charge < -0.3 is 37.9 Å². The van der Waals surface area contributed by atoms with E-state index >= 15 is 0 Å². The lowest BCUT2D eigenvalue weighted by Crippen LogP contribution is -2.41. The Kier molecular flexibility index (Phi) is 21.0. The predicted molar refractivity (Wildman–Crippen MR) is 393 cm³/mol. The van der Waals surface area contributed by atoms with Crippen molar-refractivity contribution in [1.82, 2.24) is 19.8 Å². The Balaban J connectivity index is 0.000000174. The number of amides is 2. The summed E-state index contributed by atoms with van der Waals surface area (Å²) in [4.78, 5) is 52.2. The predicted octanol–water partition coefficient (Wildman–Crippen LogP) is 14.0. The van der Waals surface area contributed by atoms with Gasteiger partial charge in [0, 0.05) is 101 Å². The van der Waals surface area contributed by atoms with Gasteiger partial charge in [-0.05, 0) is 170 Å². The van der Waals surface area contributed by atoms with Crippen LogP contribution in [0.5, 0.6) is 0 Å². The van der Waals surface area contributed by atoms with Crippen LogP contribution < -0.4 is 35.8 Å². The number of aromatic nitrogens is 2. The molecule has 0 unspecified atom stereocenters. The summed E-state index contributed by atoms with van der Waals surface area (Å²) in [6.07, 6.45) is 5.59. The first kappa shape index (κ1) is 73.6. The fourth-order valence-corrected chi connectivity index (χ4v) is 12.8. The van der Waals surface area contributed by atoms with Crippen LogP contribution in [0.4, 0.5) is 28.9 Å². The molecule has 1 saturated heterocycles. The molecule has 0 aliphatic carbocycles. The van der Waals surface area contributed by atoms with Gasteiger partial charge in [-0.3, -0.25) is 27.8 Å². The van der Waals surface area contributed by atoms with Gasteiger partial charge in [0.2, 0.25) is 20.0 Å². The molecule has 12 aromatic rings. The van der Waals surface area contributed by atoms with Gasteiger partial charge in [0.1, 0.15) is 46.0 Å². The molecule has 1 fully saturated rings. The minimum atomic E-state index is -3.75. The molecule has 101 heavy (non-hydrogen) atoms. The Labute approximate surface area is 589 Å². The van der Waals surface area contributed by atoms with Gasteiger partial charge in [0.05, 0.1) is 59.3 Å². The molecule has 1 aliphatic heterocycles. The molecule has 1 aliphatic rings. The van der Waals surface area contributed by atoms with Crippen LogP contribution in [0.3, 0.4) is 0 Å². The number of halogens is 5. The molecule has 8 aromatic carbocycles. The van der Waals surface area contributed by atoms with Crippen molar-refractivity contribution in [2.75, 3.05) is 49.3 Å². The van der Waals surface area contributed by atoms with E-state index in [1.807, 2.05) is 52.0 Å². The van der Waals surface area contributed by atoms with E-state index in [9.17, 15) is 53.6 Å². The summed E-state index contributed by atoms with van der Waals surface area (Å²) in [5, 5.41) is 8.72. The van der Waals surface area contributed by atoms with E-state index < -0.39 is 61.8 Å². The molecule has 18 nitrogen and oxygen atoms in total. The van der Waals surface area contributed by atoms with Crippen LogP contribution in [0, 0.1) is 23.3 Å². The minimum absolute atomic E-state index is 0. The third-order valence-corrected chi connectivity index (χ3v) is 20.6. The van der Waals surface area contributed by atoms with Crippen LogP contribution in [0.2, 0.25) is 0 Å². The zero-order valence-corrected chi connectivity index (χ0v) is 58.9. The molecule has 522 valence electrons. The van der Waals surface area contributed by atoms with Gasteiger partial charge in [-0.1, -0.05) is 65.8 Å². The Morgan fingerprint density at radius 1 is 0.505 bits per heavy atom. The first-order valence-corrected chi connectivity index (χ1v) is 35.5. The van der Waals surface area contributed by atoms with Gasteiger partial charge in [-0.25, -0.2) is 34.4 Å². The lowest BCUT2D eigenvalue weighted by molar-refractivity contribution is 0.00578. The number of nitrogens with one attached hydrogen (secondary N) is 2. The molecule has 26 heteroatoms. The Hall–Kier alpha value is -10.1. The minimum Gasteiger partial charge on any atom is -0.455 e. The fraction of sp³-hybridized carbons (Fsp3) is 0.200. The smallest absolute Gasteiger partial charge is 0.455 e. The molecule has 0 spiro atoms. The molecular weight excluding hydrogens is 1410 g/mol. The maximum atomic E-state index is 13.7. The lowest BCUT2D eigenvalue weighted by Gasteiger charge is -2.32. The molecule has 13 rings (SSSR count). The van der Waals surface area contributed by atoms with E-state index in [1.165, 1.54) is 112 Å². The molecule has 0 atom stereocenters. The molecule has 4 aromatic heterocycles. The number of nitrogens with zero attached hydrogens (tertiary/aromatic N) is 4. The quantitative estimate of drug-likeness (QED) is 0.0767. The number of furan rings is 2. The summed E-state index contributed by atoms with van der Waals surface area (Å²) in [5.41, 5.74) is 3.80. The number of fused-ring (bicyclic) bond motifs is 4. The monoisotopic (exact) mass is 1480 g/mol. The van der Waals surface area contributed by atoms with E-state index in [0.717, 1.165) is 42.1 Å². The number of sulfonamides is 2. The molecule has 2 N–H and O–H groups in total. The number of benzene rings is 8. The zero-order valence-electron chi connectivity index (χ0n) is 55.7. The number of hydrogen-bond acceptors (Lipinski definition) is 12. The van der Waals surface area contributed by atoms with E-state index in [0.29, 0.717) is 66.9 Å². The number of anilines is 2. The van der Waals surface area contributed by atoms with Crippen LogP contribution in [-0.4, -0.2) is 96.8 Å². The average Bonchev–Trinajstić information content (AvgIpc) is 1.62. The van der Waals surface area contributed by atoms with E-state index in [1.54, 1.807) is 83.7 Å². The summed E-state index contributed by atoms with van der Waals surface area (Å²) in [6, 6.07) is 44.1. The van der Waals surface area contributed by atoms with Crippen LogP contribution in [0.25, 0.3) is 77.3 Å². The van der Waals surface area contributed by atoms with Crippen molar-refractivity contribution in [2.45, 2.75) is 59.4 Å². The van der Waals surface area contributed by atoms with Crippen LogP contribution in [-0.2, 0) is 42.4 Å². The van der Waals surface area contributed by atoms with Crippen molar-refractivity contribution >= 4 is 115 Å². The molecular formula is C75H70BBrF4N6O12S2. The highest BCUT2D eigenvalue weighted by molar-refractivity contribution is 9.10. The van der Waals surface area contributed by atoms with Crippen LogP contribution in [0.1, 0.15) is 67.0 Å². The number of rotatable bonds is 14. The van der Waals surface area contributed by atoms with Crippen molar-refractivity contribution in [1.29, 1.82) is 0 Å². The third-order valence-electron chi connectivity index (χ3n) is 17.7. The second kappa shape index (κ2) is 28.9. The summed E-state index contributed by atoms with van der Waals surface area (Å²) < 4.78 is 135. The van der Waals surface area contributed by atoms with Gasteiger partial charge in [-0.2, -0.15) is 0 Å². The second-order valence-corrected chi connectivity index (χ2v) is 29.8. The second-order valence-electron chi connectivity index (χ2n) is 24.9. The fourth-order valence-electron chi connectivity index (χ4n) is 11.4. The van der Waals surface area contributed by atoms with Gasteiger partial charge in [0.15, 0.2) is 0 Å². The maximum absolute atomic E-state index is 13.7. The number of hydrogen-bond donors (Lipinski definition) is 2. The summed E-state index contributed by atoms with van der Waals surface area (Å²) in [7, 11) is -2.51. The Bertz CT molecular complexity index is 5540. The van der Waals surface area contributed by atoms with Crippen LogP contribution >= 0.6 is 15.9 Å². The maximum Gasteiger partial charge on any atom is 0.497 e. The highest BCUT2D eigenvalue weighted by atomic mass is 79.9. The average molecular weight is 1480 g/mol. The Morgan fingerprint density at radius 3 is 1.31 bits per heavy atom. The van der Waals surface area contributed by atoms with E-state index in [4.69, 9.17) is 18.1 Å². The Morgan fingerprint density at radius 2 is 0.881 bits per heavy atom. The molecule has 0 saturated carbocycles. The SMILES string of the molecule is C.CNC(=O)c1c(-c2ccc(F)cc2)oc2cc(N(C)S(C)(=O)=O)c(-c3ccc4ccn(Cc5ccc(F)cc5)c(=O)c4c3)cc12.CNC(=O)c1c(-c2ccc(F)cc2)oc2cc(N(C)S(C)(=O)=O)c(B3OC(C)(C)C(C)(C)O3)cc12.O=c1c2cc(Br)ccc2ccn1Cc1ccc(F)cc1. The highest BCUT2D eigenvalue weighted by Crippen LogP contribution is 2.43. The first-order chi connectivity index (χ1) is 47.2. The van der Waals surface area contributed by atoms with Crippen molar-refractivity contribution < 1.29 is 62.1 Å². The summed E-state index contributed by atoms with van der Waals surface area (Å²) in [6.45, 7) is 8.24. The standard InChI is InChI=1S/C34H27F2N3O5S.C24H28BFN2O6S.C16H11BrFNO.CH4/c1-37-33(40)31-28-17-26(29(38(2)45(3,42)43)18-30(28)44-32(31)22-8-12-25(36)13-9-22)23-7-6-21-14-15-39(34(41)27(21)16-23)19-20-4-10-24(35)11-5-20;1-23(2)24(3,4)34-25(33-23)17-12-16-19(13-18(17)28(6)35(7,30)31)32-21(20(16)22(29)27-5)14-8-10-15(26)11-9-14;17-13-4-3-12-7-8-19(16(20)15(12)9-13)10-11-1-5-14(18)6-2-11;/h4-18H,19H2,1-3H3,(H,37,40);8-13H,1-7H3,(H,27,29);1-9H,10H2;1H4. The van der Waals surface area contributed by atoms with E-state index in [-0.39, 0.29) is 76.2 Å². The molecule has 0 radical (unpaired) electrons. The van der Waals surface area contributed by atoms with Gasteiger partial charge >= 0.3 is 7.12 Å². The number of pyridine rings is 2. The summed E-state index contributed by atoms with van der Waals surface area (Å²) in [5.74, 6) is -1.96. The highest BCUT2D eigenvalue weighted by Gasteiger charge is 2.53. The number of carbonyl (C=O) groups excluding carboxylic acids is 2. The normalized spacial score (nSPS) is 13.3. The van der Waals surface area contributed by atoms with Crippen molar-refractivity contribution in [2.24, 2.45) is 0 Å². The first-order valence-electron chi connectivity index (χ1n) is 31.1. The molecule has 0 bridgehead atoms. The van der Waals surface area contributed by atoms with Gasteiger partial charge in [-0.15, -0.1) is 0 Å². The van der Waals surface area contributed by atoms with Crippen LogP contribution in [0.15, 0.2) is 205 Å². The molecule has 2 amide bonds. The van der Waals surface area contributed by atoms with Crippen molar-refractivity contribution in [3.63, 3.8) is 0 Å². The zero-order chi connectivity index (χ0) is 72.1. The third kappa shape index (κ3) is 15.3. The summed E-state index contributed by atoms with van der Waals surface area (Å²) >= 11 is 3.38. The topological polar surface area (TPSA) is 222 Å². The van der Waals surface area contributed by atoms with Gasteiger partial charge in [0.25, 0.3) is 22.9 Å². The van der Waals surface area contributed by atoms with Crippen molar-refractivity contribution in [3.8, 4) is 33.8 Å². The lowest BCUT2D eigenvalue weighted by atomic mass is 9.77. The number of carbonyl (C=O) groups is 2. The van der Waals surface area contributed by atoms with Crippen molar-refractivity contribution in [3.05, 3.63) is 253 Å². The largest absolute Gasteiger partial charge is 0.497 e. The molecule has 5 heterocycles.